The smallest absolute Gasteiger partial charge is 0.311 e. The van der Waals surface area contributed by atoms with Crippen molar-refractivity contribution in [1.82, 2.24) is 10.6 Å². The maximum Gasteiger partial charge on any atom is 0.311 e. The number of nitrogens with one attached hydrogen (secondary N) is 2. The van der Waals surface area contributed by atoms with Crippen LogP contribution in [-0.4, -0.2) is 36.6 Å². The number of hydrogen-bond donors (Lipinski definition) is 3. The molecule has 0 radical (unpaired) electrons. The molecule has 1 saturated heterocycles. The van der Waals surface area contributed by atoms with E-state index in [1.54, 1.807) is 6.92 Å². The molecular formula is C12H22N2O3. The summed E-state index contributed by atoms with van der Waals surface area (Å²) >= 11 is 0. The first-order chi connectivity index (χ1) is 7.90. The molecule has 0 aliphatic carbocycles. The Morgan fingerprint density at radius 2 is 2.12 bits per heavy atom. The summed E-state index contributed by atoms with van der Waals surface area (Å²) in [6.07, 6.45) is 0.501. The quantitative estimate of drug-likeness (QED) is 0.654. The highest BCUT2D eigenvalue weighted by atomic mass is 16.4. The van der Waals surface area contributed by atoms with Gasteiger partial charge < -0.3 is 15.7 Å². The molecular weight excluding hydrogens is 220 g/mol. The molecule has 0 aromatic carbocycles. The number of hydrogen-bond acceptors (Lipinski definition) is 3. The van der Waals surface area contributed by atoms with Gasteiger partial charge in [-0.25, -0.2) is 0 Å². The first-order valence-electron chi connectivity index (χ1n) is 6.12. The molecule has 1 amide bonds. The lowest BCUT2D eigenvalue weighted by Crippen LogP contribution is -2.43. The molecule has 3 atom stereocenters. The van der Waals surface area contributed by atoms with E-state index in [1.807, 2.05) is 13.8 Å². The SMILES string of the molecule is CCC(C)(CNC(=O)[C@@H]1CNC[C@H]1C)C(=O)O. The van der Waals surface area contributed by atoms with Gasteiger partial charge in [-0.15, -0.1) is 0 Å². The number of carboxylic acids is 1. The Balaban J connectivity index is 2.50. The van der Waals surface area contributed by atoms with Crippen molar-refractivity contribution < 1.29 is 14.7 Å². The average Bonchev–Trinajstić information content (AvgIpc) is 2.71. The van der Waals surface area contributed by atoms with Crippen molar-refractivity contribution in [2.75, 3.05) is 19.6 Å². The van der Waals surface area contributed by atoms with E-state index in [0.29, 0.717) is 18.9 Å². The van der Waals surface area contributed by atoms with Gasteiger partial charge in [0.25, 0.3) is 0 Å². The van der Waals surface area contributed by atoms with Crippen molar-refractivity contribution in [3.05, 3.63) is 0 Å². The van der Waals surface area contributed by atoms with Gasteiger partial charge in [-0.05, 0) is 25.8 Å². The van der Waals surface area contributed by atoms with Crippen molar-refractivity contribution in [1.29, 1.82) is 0 Å². The van der Waals surface area contributed by atoms with Crippen molar-refractivity contribution in [3.63, 3.8) is 0 Å². The van der Waals surface area contributed by atoms with Gasteiger partial charge in [0, 0.05) is 13.1 Å². The summed E-state index contributed by atoms with van der Waals surface area (Å²) in [6.45, 7) is 7.23. The van der Waals surface area contributed by atoms with E-state index < -0.39 is 11.4 Å². The number of carbonyl (C=O) groups is 2. The first kappa shape index (κ1) is 14.0. The largest absolute Gasteiger partial charge is 0.481 e. The Bertz CT molecular complexity index is 306. The van der Waals surface area contributed by atoms with Gasteiger partial charge in [0.05, 0.1) is 11.3 Å². The molecule has 17 heavy (non-hydrogen) atoms. The van der Waals surface area contributed by atoms with Crippen LogP contribution < -0.4 is 10.6 Å². The van der Waals surface area contributed by atoms with Crippen LogP contribution in [0.25, 0.3) is 0 Å². The lowest BCUT2D eigenvalue weighted by Gasteiger charge is -2.24. The highest BCUT2D eigenvalue weighted by molar-refractivity contribution is 5.81. The Morgan fingerprint density at radius 3 is 2.53 bits per heavy atom. The Morgan fingerprint density at radius 1 is 1.47 bits per heavy atom. The van der Waals surface area contributed by atoms with Crippen molar-refractivity contribution in [2.45, 2.75) is 27.2 Å². The van der Waals surface area contributed by atoms with E-state index in [2.05, 4.69) is 10.6 Å². The first-order valence-corrected chi connectivity index (χ1v) is 6.12. The number of rotatable bonds is 5. The molecule has 0 aromatic rings. The zero-order chi connectivity index (χ0) is 13.1. The highest BCUT2D eigenvalue weighted by Crippen LogP contribution is 2.21. The summed E-state index contributed by atoms with van der Waals surface area (Å²) in [5, 5.41) is 15.0. The summed E-state index contributed by atoms with van der Waals surface area (Å²) in [7, 11) is 0. The number of aliphatic carboxylic acids is 1. The van der Waals surface area contributed by atoms with Gasteiger partial charge in [0.1, 0.15) is 0 Å². The van der Waals surface area contributed by atoms with Crippen molar-refractivity contribution in [3.8, 4) is 0 Å². The summed E-state index contributed by atoms with van der Waals surface area (Å²) < 4.78 is 0. The standard InChI is InChI=1S/C12H22N2O3/c1-4-12(3,11(16)17)7-14-10(15)9-6-13-5-8(9)2/h8-9,13H,4-7H2,1-3H3,(H,14,15)(H,16,17)/t8-,9-,12?/m1/s1. The maximum atomic E-state index is 11.9. The maximum absolute atomic E-state index is 11.9. The van der Waals surface area contributed by atoms with Gasteiger partial charge in [-0.1, -0.05) is 13.8 Å². The topological polar surface area (TPSA) is 78.4 Å². The third kappa shape index (κ3) is 3.19. The molecule has 1 aliphatic heterocycles. The van der Waals surface area contributed by atoms with Gasteiger partial charge in [0.15, 0.2) is 0 Å². The lowest BCUT2D eigenvalue weighted by atomic mass is 9.87. The van der Waals surface area contributed by atoms with Gasteiger partial charge in [-0.2, -0.15) is 0 Å². The Hall–Kier alpha value is -1.10. The summed E-state index contributed by atoms with van der Waals surface area (Å²) in [4.78, 5) is 23.0. The molecule has 1 fully saturated rings. The minimum absolute atomic E-state index is 0.0371. The molecule has 0 aromatic heterocycles. The predicted octanol–water partition coefficient (Wildman–Crippen LogP) is 0.459. The number of amides is 1. The third-order valence-corrected chi connectivity index (χ3v) is 3.80. The van der Waals surface area contributed by atoms with Crippen LogP contribution in [0.1, 0.15) is 27.2 Å². The van der Waals surface area contributed by atoms with Crippen molar-refractivity contribution >= 4 is 11.9 Å². The van der Waals surface area contributed by atoms with E-state index >= 15 is 0 Å². The van der Waals surface area contributed by atoms with Crippen LogP contribution in [0, 0.1) is 17.3 Å². The van der Waals surface area contributed by atoms with Crippen LogP contribution in [0.4, 0.5) is 0 Å². The van der Waals surface area contributed by atoms with E-state index in [0.717, 1.165) is 6.54 Å². The molecule has 1 heterocycles. The highest BCUT2D eigenvalue weighted by Gasteiger charge is 2.34. The fourth-order valence-electron chi connectivity index (χ4n) is 1.93. The minimum Gasteiger partial charge on any atom is -0.481 e. The molecule has 0 saturated carbocycles. The van der Waals surface area contributed by atoms with E-state index in [9.17, 15) is 9.59 Å². The van der Waals surface area contributed by atoms with E-state index in [1.165, 1.54) is 0 Å². The van der Waals surface area contributed by atoms with Gasteiger partial charge in [-0.3, -0.25) is 9.59 Å². The van der Waals surface area contributed by atoms with E-state index in [-0.39, 0.29) is 18.4 Å². The second-order valence-electron chi connectivity index (χ2n) is 5.18. The zero-order valence-electron chi connectivity index (χ0n) is 10.7. The molecule has 1 aliphatic rings. The summed E-state index contributed by atoms with van der Waals surface area (Å²) in [6, 6.07) is 0. The normalized spacial score (nSPS) is 27.5. The minimum atomic E-state index is -0.870. The molecule has 0 bridgehead atoms. The second kappa shape index (κ2) is 5.49. The second-order valence-corrected chi connectivity index (χ2v) is 5.18. The lowest BCUT2D eigenvalue weighted by molar-refractivity contribution is -0.148. The van der Waals surface area contributed by atoms with Crippen molar-refractivity contribution in [2.24, 2.45) is 17.3 Å². The Kier molecular flexibility index (Phi) is 4.51. The van der Waals surface area contributed by atoms with Crippen LogP contribution in [0.2, 0.25) is 0 Å². The van der Waals surface area contributed by atoms with Crippen LogP contribution in [0.3, 0.4) is 0 Å². The molecule has 98 valence electrons. The average molecular weight is 242 g/mol. The molecule has 1 rings (SSSR count). The Labute approximate surface area is 102 Å². The van der Waals surface area contributed by atoms with Crippen LogP contribution >= 0.6 is 0 Å². The van der Waals surface area contributed by atoms with Crippen LogP contribution in [0.5, 0.6) is 0 Å². The fraction of sp³-hybridized carbons (Fsp3) is 0.833. The number of carbonyl (C=O) groups excluding carboxylic acids is 1. The fourth-order valence-corrected chi connectivity index (χ4v) is 1.93. The predicted molar refractivity (Wildman–Crippen MR) is 64.6 cm³/mol. The van der Waals surface area contributed by atoms with Gasteiger partial charge in [0.2, 0.25) is 5.91 Å². The van der Waals surface area contributed by atoms with Crippen LogP contribution in [-0.2, 0) is 9.59 Å². The summed E-state index contributed by atoms with van der Waals surface area (Å²) in [5.41, 5.74) is -0.870. The zero-order valence-corrected chi connectivity index (χ0v) is 10.7. The molecule has 5 nitrogen and oxygen atoms in total. The summed E-state index contributed by atoms with van der Waals surface area (Å²) in [5.74, 6) is -0.626. The number of carboxylic acid groups (broad SMARTS) is 1. The van der Waals surface area contributed by atoms with E-state index in [4.69, 9.17) is 5.11 Å². The molecule has 5 heteroatoms. The third-order valence-electron chi connectivity index (χ3n) is 3.80. The van der Waals surface area contributed by atoms with Gasteiger partial charge >= 0.3 is 5.97 Å². The molecule has 3 N–H and O–H groups in total. The van der Waals surface area contributed by atoms with Crippen LogP contribution in [0.15, 0.2) is 0 Å². The monoisotopic (exact) mass is 242 g/mol. The molecule has 0 spiro atoms. The molecule has 1 unspecified atom stereocenters.